The number of hydrogen-bond acceptors (Lipinski definition) is 4. The number of anilines is 1. The Balaban J connectivity index is 1.89. The largest absolute Gasteiger partial charge is 0.487 e. The Morgan fingerprint density at radius 1 is 1.26 bits per heavy atom. The Labute approximate surface area is 135 Å². The molecule has 1 unspecified atom stereocenters. The highest BCUT2D eigenvalue weighted by atomic mass is 16.6. The highest BCUT2D eigenvalue weighted by Gasteiger charge is 2.24. The standard InChI is InChI=1S/C18H19NO4/c1-12-10-21-16-9-8-15(17(18(16)23-12)19-13(2)20)22-11-14-6-4-3-5-7-14/h3-9,12H,10-11H2,1-2H3,(H,19,20). The summed E-state index contributed by atoms with van der Waals surface area (Å²) in [5.74, 6) is 1.49. The van der Waals surface area contributed by atoms with Gasteiger partial charge in [0.2, 0.25) is 5.91 Å². The van der Waals surface area contributed by atoms with E-state index < -0.39 is 0 Å². The second kappa shape index (κ2) is 6.60. The van der Waals surface area contributed by atoms with E-state index in [1.807, 2.05) is 37.3 Å². The molecule has 1 heterocycles. The van der Waals surface area contributed by atoms with Gasteiger partial charge in [-0.15, -0.1) is 0 Å². The molecule has 0 fully saturated rings. The minimum absolute atomic E-state index is 0.0839. The summed E-state index contributed by atoms with van der Waals surface area (Å²) < 4.78 is 17.4. The van der Waals surface area contributed by atoms with Crippen LogP contribution in [0.2, 0.25) is 0 Å². The van der Waals surface area contributed by atoms with Crippen LogP contribution in [0.25, 0.3) is 0 Å². The van der Waals surface area contributed by atoms with E-state index >= 15 is 0 Å². The summed E-state index contributed by atoms with van der Waals surface area (Å²) in [6.07, 6.45) is -0.0839. The van der Waals surface area contributed by atoms with E-state index in [2.05, 4.69) is 5.32 Å². The van der Waals surface area contributed by atoms with Crippen LogP contribution in [0.3, 0.4) is 0 Å². The average molecular weight is 313 g/mol. The number of carbonyl (C=O) groups is 1. The second-order valence-corrected chi connectivity index (χ2v) is 5.46. The van der Waals surface area contributed by atoms with E-state index in [4.69, 9.17) is 14.2 Å². The van der Waals surface area contributed by atoms with E-state index in [1.165, 1.54) is 6.92 Å². The molecule has 0 aromatic heterocycles. The maximum Gasteiger partial charge on any atom is 0.221 e. The first-order chi connectivity index (χ1) is 11.1. The van der Waals surface area contributed by atoms with Crippen molar-refractivity contribution in [3.05, 3.63) is 48.0 Å². The van der Waals surface area contributed by atoms with Crippen LogP contribution < -0.4 is 19.5 Å². The van der Waals surface area contributed by atoms with Gasteiger partial charge < -0.3 is 19.5 Å². The van der Waals surface area contributed by atoms with Gasteiger partial charge in [0.1, 0.15) is 30.8 Å². The summed E-state index contributed by atoms with van der Waals surface area (Å²) in [6.45, 7) is 4.25. The zero-order valence-corrected chi connectivity index (χ0v) is 13.2. The van der Waals surface area contributed by atoms with E-state index in [9.17, 15) is 4.79 Å². The Morgan fingerprint density at radius 3 is 2.78 bits per heavy atom. The van der Waals surface area contributed by atoms with Crippen LogP contribution >= 0.6 is 0 Å². The summed E-state index contributed by atoms with van der Waals surface area (Å²) in [6, 6.07) is 13.4. The summed E-state index contributed by atoms with van der Waals surface area (Å²) in [7, 11) is 0. The van der Waals surface area contributed by atoms with Crippen molar-refractivity contribution in [2.24, 2.45) is 0 Å². The molecule has 0 aliphatic carbocycles. The molecule has 1 aliphatic rings. The Bertz CT molecular complexity index is 700. The fraction of sp³-hybridized carbons (Fsp3) is 0.278. The van der Waals surface area contributed by atoms with E-state index in [-0.39, 0.29) is 12.0 Å². The zero-order chi connectivity index (χ0) is 16.2. The van der Waals surface area contributed by atoms with Gasteiger partial charge >= 0.3 is 0 Å². The van der Waals surface area contributed by atoms with Crippen LogP contribution in [-0.4, -0.2) is 18.6 Å². The number of hydrogen-bond donors (Lipinski definition) is 1. The SMILES string of the molecule is CC(=O)Nc1c(OCc2ccccc2)ccc2c1OC(C)CO2. The fourth-order valence-electron chi connectivity index (χ4n) is 2.37. The number of carbonyl (C=O) groups excluding carboxylic acids is 1. The molecule has 1 aliphatic heterocycles. The number of rotatable bonds is 4. The minimum Gasteiger partial charge on any atom is -0.487 e. The van der Waals surface area contributed by atoms with Crippen molar-refractivity contribution >= 4 is 11.6 Å². The minimum atomic E-state index is -0.190. The van der Waals surface area contributed by atoms with Crippen LogP contribution in [0.5, 0.6) is 17.2 Å². The number of fused-ring (bicyclic) bond motifs is 1. The van der Waals surface area contributed by atoms with Crippen LogP contribution in [0, 0.1) is 0 Å². The average Bonchev–Trinajstić information content (AvgIpc) is 2.55. The van der Waals surface area contributed by atoms with Gasteiger partial charge in [-0.2, -0.15) is 0 Å². The van der Waals surface area contributed by atoms with Crippen molar-refractivity contribution in [2.45, 2.75) is 26.6 Å². The van der Waals surface area contributed by atoms with Crippen molar-refractivity contribution in [1.82, 2.24) is 0 Å². The maximum atomic E-state index is 11.5. The van der Waals surface area contributed by atoms with Gasteiger partial charge in [-0.05, 0) is 24.6 Å². The Kier molecular flexibility index (Phi) is 4.37. The first-order valence-electron chi connectivity index (χ1n) is 7.54. The number of nitrogens with one attached hydrogen (secondary N) is 1. The lowest BCUT2D eigenvalue weighted by Crippen LogP contribution is -2.26. The zero-order valence-electron chi connectivity index (χ0n) is 13.2. The van der Waals surface area contributed by atoms with Crippen LogP contribution in [0.4, 0.5) is 5.69 Å². The predicted octanol–water partition coefficient (Wildman–Crippen LogP) is 3.38. The molecule has 0 radical (unpaired) electrons. The number of benzene rings is 2. The molecule has 0 bridgehead atoms. The van der Waals surface area contributed by atoms with Crippen molar-refractivity contribution in [1.29, 1.82) is 0 Å². The van der Waals surface area contributed by atoms with Crippen molar-refractivity contribution in [3.63, 3.8) is 0 Å². The Morgan fingerprint density at radius 2 is 2.04 bits per heavy atom. The summed E-state index contributed by atoms with van der Waals surface area (Å²) in [5, 5.41) is 2.79. The van der Waals surface area contributed by atoms with Gasteiger partial charge in [-0.1, -0.05) is 30.3 Å². The van der Waals surface area contributed by atoms with Gasteiger partial charge in [0, 0.05) is 6.92 Å². The molecule has 3 rings (SSSR count). The third-order valence-electron chi connectivity index (χ3n) is 3.41. The van der Waals surface area contributed by atoms with Gasteiger partial charge in [-0.3, -0.25) is 4.79 Å². The molecule has 5 nitrogen and oxygen atoms in total. The molecule has 120 valence electrons. The number of ether oxygens (including phenoxy) is 3. The summed E-state index contributed by atoms with van der Waals surface area (Å²) in [4.78, 5) is 11.5. The lowest BCUT2D eigenvalue weighted by Gasteiger charge is -2.27. The third-order valence-corrected chi connectivity index (χ3v) is 3.41. The Hall–Kier alpha value is -2.69. The first kappa shape index (κ1) is 15.2. The molecule has 5 heteroatoms. The molecule has 0 saturated carbocycles. The van der Waals surface area contributed by atoms with E-state index in [1.54, 1.807) is 12.1 Å². The van der Waals surface area contributed by atoms with Crippen molar-refractivity contribution in [2.75, 3.05) is 11.9 Å². The molecule has 0 saturated heterocycles. The molecule has 1 N–H and O–H groups in total. The summed E-state index contributed by atoms with van der Waals surface area (Å²) in [5.41, 5.74) is 1.56. The van der Waals surface area contributed by atoms with E-state index in [0.29, 0.717) is 36.1 Å². The topological polar surface area (TPSA) is 56.8 Å². The van der Waals surface area contributed by atoms with Gasteiger partial charge in [-0.25, -0.2) is 0 Å². The molecule has 2 aromatic rings. The monoisotopic (exact) mass is 313 g/mol. The van der Waals surface area contributed by atoms with Crippen LogP contribution in [0.15, 0.2) is 42.5 Å². The summed E-state index contributed by atoms with van der Waals surface area (Å²) >= 11 is 0. The van der Waals surface area contributed by atoms with Gasteiger partial charge in [0.25, 0.3) is 0 Å². The molecule has 2 aromatic carbocycles. The molecular formula is C18H19NO4. The molecule has 1 atom stereocenters. The molecule has 0 spiro atoms. The molecule has 1 amide bonds. The molecule has 23 heavy (non-hydrogen) atoms. The second-order valence-electron chi connectivity index (χ2n) is 5.46. The fourth-order valence-corrected chi connectivity index (χ4v) is 2.37. The highest BCUT2D eigenvalue weighted by molar-refractivity contribution is 5.93. The van der Waals surface area contributed by atoms with E-state index in [0.717, 1.165) is 5.56 Å². The predicted molar refractivity (Wildman–Crippen MR) is 87.1 cm³/mol. The van der Waals surface area contributed by atoms with Crippen LogP contribution in [0.1, 0.15) is 19.4 Å². The first-order valence-corrected chi connectivity index (χ1v) is 7.54. The lowest BCUT2D eigenvalue weighted by molar-refractivity contribution is -0.114. The van der Waals surface area contributed by atoms with Crippen molar-refractivity contribution in [3.8, 4) is 17.2 Å². The van der Waals surface area contributed by atoms with Gasteiger partial charge in [0.15, 0.2) is 11.5 Å². The number of amides is 1. The third kappa shape index (κ3) is 3.56. The quantitative estimate of drug-likeness (QED) is 0.940. The molecular weight excluding hydrogens is 294 g/mol. The smallest absolute Gasteiger partial charge is 0.221 e. The highest BCUT2D eigenvalue weighted by Crippen LogP contribution is 2.44. The lowest BCUT2D eigenvalue weighted by atomic mass is 10.2. The van der Waals surface area contributed by atoms with Crippen LogP contribution in [-0.2, 0) is 11.4 Å². The van der Waals surface area contributed by atoms with Crippen molar-refractivity contribution < 1.29 is 19.0 Å². The maximum absolute atomic E-state index is 11.5. The van der Waals surface area contributed by atoms with Gasteiger partial charge in [0.05, 0.1) is 0 Å². The normalized spacial score (nSPS) is 15.8.